The lowest BCUT2D eigenvalue weighted by molar-refractivity contribution is -0.0214. The van der Waals surface area contributed by atoms with Crippen molar-refractivity contribution in [1.29, 1.82) is 0 Å². The Morgan fingerprint density at radius 2 is 1.79 bits per heavy atom. The van der Waals surface area contributed by atoms with Gasteiger partial charge < -0.3 is 9.47 Å². The van der Waals surface area contributed by atoms with E-state index in [1.54, 1.807) is 11.8 Å². The van der Waals surface area contributed by atoms with Gasteiger partial charge in [-0.1, -0.05) is 42.1 Å². The third kappa shape index (κ3) is 3.32. The van der Waals surface area contributed by atoms with Gasteiger partial charge in [-0.15, -0.1) is 10.2 Å². The quantitative estimate of drug-likeness (QED) is 0.802. The second-order valence-corrected chi connectivity index (χ2v) is 5.15. The van der Waals surface area contributed by atoms with Crippen LogP contribution in [0.15, 0.2) is 47.5 Å². The molecule has 5 heteroatoms. The number of benzene rings is 1. The standard InChI is InChI=1S/C14H14N2O2S/c1-2-4-11(5-3-1)12-6-7-13(16-15-12)19-10-14-17-8-9-18-14/h1-7,14H,8-10H2. The molecule has 0 spiro atoms. The van der Waals surface area contributed by atoms with Crippen LogP contribution in [0.25, 0.3) is 11.3 Å². The van der Waals surface area contributed by atoms with Crippen molar-refractivity contribution in [3.8, 4) is 11.3 Å². The summed E-state index contributed by atoms with van der Waals surface area (Å²) in [7, 11) is 0. The summed E-state index contributed by atoms with van der Waals surface area (Å²) in [5, 5.41) is 9.35. The molecule has 98 valence electrons. The van der Waals surface area contributed by atoms with Crippen LogP contribution in [0.4, 0.5) is 0 Å². The van der Waals surface area contributed by atoms with E-state index in [2.05, 4.69) is 10.2 Å². The Labute approximate surface area is 116 Å². The van der Waals surface area contributed by atoms with Gasteiger partial charge in [0.25, 0.3) is 0 Å². The molecule has 0 aliphatic carbocycles. The fourth-order valence-corrected chi connectivity index (χ4v) is 2.58. The van der Waals surface area contributed by atoms with E-state index in [0.29, 0.717) is 13.2 Å². The molecule has 2 aromatic rings. The van der Waals surface area contributed by atoms with E-state index < -0.39 is 0 Å². The minimum atomic E-state index is -0.111. The molecule has 4 nitrogen and oxygen atoms in total. The average molecular weight is 274 g/mol. The third-order valence-corrected chi connectivity index (χ3v) is 3.72. The first kappa shape index (κ1) is 12.6. The number of hydrogen-bond acceptors (Lipinski definition) is 5. The van der Waals surface area contributed by atoms with Crippen LogP contribution in [-0.2, 0) is 9.47 Å². The first-order chi connectivity index (χ1) is 9.42. The molecule has 1 fully saturated rings. The summed E-state index contributed by atoms with van der Waals surface area (Å²) in [6.07, 6.45) is -0.111. The van der Waals surface area contributed by atoms with Gasteiger partial charge >= 0.3 is 0 Å². The number of aromatic nitrogens is 2. The van der Waals surface area contributed by atoms with Crippen LogP contribution in [-0.4, -0.2) is 35.5 Å². The number of hydrogen-bond donors (Lipinski definition) is 0. The molecule has 0 amide bonds. The normalized spacial score (nSPS) is 15.8. The summed E-state index contributed by atoms with van der Waals surface area (Å²) in [5.41, 5.74) is 1.97. The number of thioether (sulfide) groups is 1. The summed E-state index contributed by atoms with van der Waals surface area (Å²) in [6, 6.07) is 14.0. The van der Waals surface area contributed by atoms with Gasteiger partial charge in [0.15, 0.2) is 6.29 Å². The third-order valence-electron chi connectivity index (χ3n) is 2.77. The van der Waals surface area contributed by atoms with Gasteiger partial charge in [-0.05, 0) is 12.1 Å². The molecule has 1 saturated heterocycles. The molecule has 0 atom stereocenters. The van der Waals surface area contributed by atoms with Crippen molar-refractivity contribution in [2.24, 2.45) is 0 Å². The molecule has 3 rings (SSSR count). The minimum absolute atomic E-state index is 0.111. The van der Waals surface area contributed by atoms with E-state index in [0.717, 1.165) is 22.0 Å². The molecule has 0 radical (unpaired) electrons. The zero-order chi connectivity index (χ0) is 12.9. The van der Waals surface area contributed by atoms with Gasteiger partial charge in [0.2, 0.25) is 0 Å². The van der Waals surface area contributed by atoms with Gasteiger partial charge in [-0.25, -0.2) is 0 Å². The maximum Gasteiger partial charge on any atom is 0.167 e. The molecule has 0 saturated carbocycles. The first-order valence-electron chi connectivity index (χ1n) is 6.17. The summed E-state index contributed by atoms with van der Waals surface area (Å²) >= 11 is 1.60. The maximum absolute atomic E-state index is 5.38. The minimum Gasteiger partial charge on any atom is -0.349 e. The van der Waals surface area contributed by atoms with E-state index in [4.69, 9.17) is 9.47 Å². The predicted octanol–water partition coefficient (Wildman–Crippen LogP) is 2.61. The highest BCUT2D eigenvalue weighted by Crippen LogP contribution is 2.21. The van der Waals surface area contributed by atoms with E-state index in [1.807, 2.05) is 42.5 Å². The Hall–Kier alpha value is -1.43. The highest BCUT2D eigenvalue weighted by Gasteiger charge is 2.16. The molecule has 19 heavy (non-hydrogen) atoms. The first-order valence-corrected chi connectivity index (χ1v) is 7.15. The summed E-state index contributed by atoms with van der Waals surface area (Å²) < 4.78 is 10.8. The number of rotatable bonds is 4. The van der Waals surface area contributed by atoms with Gasteiger partial charge in [0.05, 0.1) is 24.7 Å². The molecule has 1 aromatic carbocycles. The van der Waals surface area contributed by atoms with Crippen molar-refractivity contribution in [3.05, 3.63) is 42.5 Å². The molecule has 2 heterocycles. The van der Waals surface area contributed by atoms with Gasteiger partial charge in [0, 0.05) is 5.56 Å². The monoisotopic (exact) mass is 274 g/mol. The van der Waals surface area contributed by atoms with Crippen LogP contribution in [0, 0.1) is 0 Å². The van der Waals surface area contributed by atoms with Gasteiger partial charge in [0.1, 0.15) is 5.03 Å². The van der Waals surface area contributed by atoms with Crippen LogP contribution in [0.3, 0.4) is 0 Å². The second kappa shape index (κ2) is 6.14. The molecular weight excluding hydrogens is 260 g/mol. The highest BCUT2D eigenvalue weighted by molar-refractivity contribution is 7.99. The number of ether oxygens (including phenoxy) is 2. The fraction of sp³-hybridized carbons (Fsp3) is 0.286. The lowest BCUT2D eigenvalue weighted by atomic mass is 10.1. The van der Waals surface area contributed by atoms with E-state index in [-0.39, 0.29) is 6.29 Å². The Morgan fingerprint density at radius 1 is 1.00 bits per heavy atom. The Balaban J connectivity index is 1.62. The summed E-state index contributed by atoms with van der Waals surface area (Å²) in [4.78, 5) is 0. The van der Waals surface area contributed by atoms with Gasteiger partial charge in [-0.3, -0.25) is 0 Å². The summed E-state index contributed by atoms with van der Waals surface area (Å²) in [6.45, 7) is 1.37. The van der Waals surface area contributed by atoms with Crippen molar-refractivity contribution in [3.63, 3.8) is 0 Å². The van der Waals surface area contributed by atoms with Crippen molar-refractivity contribution in [2.45, 2.75) is 11.3 Å². The van der Waals surface area contributed by atoms with Crippen LogP contribution in [0.5, 0.6) is 0 Å². The molecule has 0 N–H and O–H groups in total. The maximum atomic E-state index is 5.38. The molecular formula is C14H14N2O2S. The van der Waals surface area contributed by atoms with E-state index in [9.17, 15) is 0 Å². The highest BCUT2D eigenvalue weighted by atomic mass is 32.2. The van der Waals surface area contributed by atoms with Crippen molar-refractivity contribution in [1.82, 2.24) is 10.2 Å². The Morgan fingerprint density at radius 3 is 2.47 bits per heavy atom. The second-order valence-electron chi connectivity index (χ2n) is 4.10. The predicted molar refractivity (Wildman–Crippen MR) is 73.9 cm³/mol. The van der Waals surface area contributed by atoms with Crippen LogP contribution in [0.1, 0.15) is 0 Å². The molecule has 0 unspecified atom stereocenters. The van der Waals surface area contributed by atoms with Crippen molar-refractivity contribution < 1.29 is 9.47 Å². The summed E-state index contributed by atoms with van der Waals surface area (Å²) in [5.74, 6) is 0.749. The lowest BCUT2D eigenvalue weighted by Gasteiger charge is -2.07. The Bertz CT molecular complexity index is 513. The molecule has 0 bridgehead atoms. The van der Waals surface area contributed by atoms with Crippen LogP contribution >= 0.6 is 11.8 Å². The zero-order valence-corrected chi connectivity index (χ0v) is 11.2. The van der Waals surface area contributed by atoms with Crippen LogP contribution < -0.4 is 0 Å². The largest absolute Gasteiger partial charge is 0.349 e. The van der Waals surface area contributed by atoms with Gasteiger partial charge in [-0.2, -0.15) is 0 Å². The topological polar surface area (TPSA) is 44.2 Å². The molecule has 1 aliphatic rings. The van der Waals surface area contributed by atoms with Crippen molar-refractivity contribution >= 4 is 11.8 Å². The van der Waals surface area contributed by atoms with E-state index in [1.165, 1.54) is 0 Å². The number of nitrogens with zero attached hydrogens (tertiary/aromatic N) is 2. The lowest BCUT2D eigenvalue weighted by Crippen LogP contribution is -2.10. The van der Waals surface area contributed by atoms with E-state index >= 15 is 0 Å². The molecule has 1 aromatic heterocycles. The smallest absolute Gasteiger partial charge is 0.167 e. The SMILES string of the molecule is c1ccc(-c2ccc(SCC3OCCO3)nn2)cc1. The zero-order valence-electron chi connectivity index (χ0n) is 10.4. The Kier molecular flexibility index (Phi) is 4.07. The fourth-order valence-electron chi connectivity index (χ4n) is 1.82. The average Bonchev–Trinajstić information content (AvgIpc) is 3.00. The van der Waals surface area contributed by atoms with Crippen molar-refractivity contribution in [2.75, 3.05) is 19.0 Å². The van der Waals surface area contributed by atoms with Crippen LogP contribution in [0.2, 0.25) is 0 Å². The molecule has 1 aliphatic heterocycles.